The molecule has 148 valence electrons. The monoisotopic (exact) mass is 366 g/mol. The minimum Gasteiger partial charge on any atom is -0.508 e. The number of carbonyl (C=O) groups excluding carboxylic acids is 1. The lowest BCUT2D eigenvalue weighted by molar-refractivity contribution is -0.146. The Morgan fingerprint density at radius 3 is 1.92 bits per heavy atom. The number of aliphatic hydroxyl groups excluding tert-OH is 1. The van der Waals surface area contributed by atoms with E-state index in [4.69, 9.17) is 4.74 Å². The minimum atomic E-state index is -0.308. The summed E-state index contributed by atoms with van der Waals surface area (Å²) in [6.45, 7) is 3.23. The molecule has 3 N–H and O–H groups in total. The number of phenolic OH excluding ortho intramolecular Hbond substituents is 2. The average molecular weight is 366 g/mol. The number of ether oxygens (including phenoxy) is 1. The average Bonchev–Trinajstić information content (AvgIpc) is 2.51. The standard InChI is InChI=1S/C21H34O5/c1-16(22)10-8-6-4-3-5-7-9-11-21(26-17(2)23)14-18-12-19(24)15-20(25)13-18/h12-13,15-16,21-22,24-25H,3-11,14H2,1-2H3/t16-,21-/m1/s1. The van der Waals surface area contributed by atoms with Crippen molar-refractivity contribution in [3.63, 3.8) is 0 Å². The summed E-state index contributed by atoms with van der Waals surface area (Å²) in [6.07, 6.45) is 9.60. The Hall–Kier alpha value is -1.75. The van der Waals surface area contributed by atoms with Crippen molar-refractivity contribution in [2.45, 2.75) is 90.3 Å². The molecule has 0 unspecified atom stereocenters. The van der Waals surface area contributed by atoms with Crippen molar-refractivity contribution in [1.82, 2.24) is 0 Å². The van der Waals surface area contributed by atoms with Crippen LogP contribution in [-0.2, 0) is 16.0 Å². The molecule has 0 aliphatic rings. The first-order valence-electron chi connectivity index (χ1n) is 9.74. The Labute approximate surface area is 157 Å². The molecule has 1 aromatic rings. The zero-order chi connectivity index (χ0) is 19.4. The highest BCUT2D eigenvalue weighted by Crippen LogP contribution is 2.23. The molecule has 0 spiro atoms. The summed E-state index contributed by atoms with van der Waals surface area (Å²) in [5.41, 5.74) is 0.756. The van der Waals surface area contributed by atoms with Crippen molar-refractivity contribution in [2.24, 2.45) is 0 Å². The van der Waals surface area contributed by atoms with Crippen molar-refractivity contribution in [2.75, 3.05) is 0 Å². The molecule has 0 bridgehead atoms. The Morgan fingerprint density at radius 1 is 0.923 bits per heavy atom. The molecule has 5 heteroatoms. The van der Waals surface area contributed by atoms with Crippen molar-refractivity contribution >= 4 is 5.97 Å². The van der Waals surface area contributed by atoms with Crippen LogP contribution in [0.15, 0.2) is 18.2 Å². The van der Waals surface area contributed by atoms with Gasteiger partial charge in [-0.05, 0) is 43.9 Å². The van der Waals surface area contributed by atoms with E-state index in [0.717, 1.165) is 44.1 Å². The molecule has 0 saturated heterocycles. The second kappa shape index (κ2) is 12.6. The number of phenols is 2. The second-order valence-electron chi connectivity index (χ2n) is 7.19. The van der Waals surface area contributed by atoms with Crippen LogP contribution in [-0.4, -0.2) is 33.5 Å². The van der Waals surface area contributed by atoms with E-state index in [1.807, 2.05) is 6.92 Å². The maximum atomic E-state index is 11.3. The second-order valence-corrected chi connectivity index (χ2v) is 7.19. The van der Waals surface area contributed by atoms with Crippen LogP contribution >= 0.6 is 0 Å². The molecule has 2 atom stereocenters. The third-order valence-corrected chi connectivity index (χ3v) is 4.41. The summed E-state index contributed by atoms with van der Waals surface area (Å²) in [6, 6.07) is 4.46. The van der Waals surface area contributed by atoms with E-state index in [0.29, 0.717) is 6.42 Å². The highest BCUT2D eigenvalue weighted by atomic mass is 16.5. The smallest absolute Gasteiger partial charge is 0.302 e. The molecule has 0 aromatic heterocycles. The van der Waals surface area contributed by atoms with Crippen LogP contribution in [0.2, 0.25) is 0 Å². The SMILES string of the molecule is CC(=O)O[C@H](CCCCCCCCC[C@@H](C)O)Cc1cc(O)cc(O)c1. The number of hydrogen-bond donors (Lipinski definition) is 3. The van der Waals surface area contributed by atoms with E-state index < -0.39 is 0 Å². The van der Waals surface area contributed by atoms with Crippen LogP contribution in [0.3, 0.4) is 0 Å². The van der Waals surface area contributed by atoms with Gasteiger partial charge < -0.3 is 20.1 Å². The number of unbranched alkanes of at least 4 members (excludes halogenated alkanes) is 6. The van der Waals surface area contributed by atoms with Gasteiger partial charge in [0.05, 0.1) is 6.10 Å². The summed E-state index contributed by atoms with van der Waals surface area (Å²) in [5, 5.41) is 28.4. The molecule has 5 nitrogen and oxygen atoms in total. The summed E-state index contributed by atoms with van der Waals surface area (Å²) in [5.74, 6) is -0.285. The Morgan fingerprint density at radius 2 is 1.42 bits per heavy atom. The van der Waals surface area contributed by atoms with Gasteiger partial charge in [-0.1, -0.05) is 38.5 Å². The van der Waals surface area contributed by atoms with Gasteiger partial charge in [0.1, 0.15) is 17.6 Å². The molecule has 1 aromatic carbocycles. The van der Waals surface area contributed by atoms with E-state index >= 15 is 0 Å². The van der Waals surface area contributed by atoms with E-state index in [-0.39, 0.29) is 29.7 Å². The van der Waals surface area contributed by atoms with Gasteiger partial charge in [0, 0.05) is 19.4 Å². The minimum absolute atomic E-state index is 0.0113. The fourth-order valence-electron chi connectivity index (χ4n) is 3.17. The molecule has 0 fully saturated rings. The highest BCUT2D eigenvalue weighted by Gasteiger charge is 2.14. The van der Waals surface area contributed by atoms with Gasteiger partial charge in [0.25, 0.3) is 0 Å². The Bertz CT molecular complexity index is 507. The molecule has 0 saturated carbocycles. The van der Waals surface area contributed by atoms with E-state index in [1.54, 1.807) is 12.1 Å². The number of hydrogen-bond acceptors (Lipinski definition) is 5. The molecule has 26 heavy (non-hydrogen) atoms. The normalized spacial score (nSPS) is 13.3. The Kier molecular flexibility index (Phi) is 10.8. The molecule has 1 rings (SSSR count). The van der Waals surface area contributed by atoms with Gasteiger partial charge in [-0.15, -0.1) is 0 Å². The van der Waals surface area contributed by atoms with Gasteiger partial charge in [-0.3, -0.25) is 4.79 Å². The maximum Gasteiger partial charge on any atom is 0.302 e. The topological polar surface area (TPSA) is 87.0 Å². The van der Waals surface area contributed by atoms with E-state index in [1.165, 1.54) is 32.3 Å². The fourth-order valence-corrected chi connectivity index (χ4v) is 3.17. The van der Waals surface area contributed by atoms with Gasteiger partial charge >= 0.3 is 5.97 Å². The third kappa shape index (κ3) is 11.0. The van der Waals surface area contributed by atoms with E-state index in [9.17, 15) is 20.1 Å². The van der Waals surface area contributed by atoms with Gasteiger partial charge in [0.15, 0.2) is 0 Å². The molecule has 0 aliphatic carbocycles. The number of esters is 1. The first kappa shape index (κ1) is 22.3. The van der Waals surface area contributed by atoms with Crippen LogP contribution in [0.25, 0.3) is 0 Å². The predicted octanol–water partition coefficient (Wildman–Crippen LogP) is 4.46. The van der Waals surface area contributed by atoms with Crippen molar-refractivity contribution in [3.05, 3.63) is 23.8 Å². The number of aliphatic hydroxyl groups is 1. The molecular weight excluding hydrogens is 332 g/mol. The van der Waals surface area contributed by atoms with Crippen LogP contribution in [0, 0.1) is 0 Å². The third-order valence-electron chi connectivity index (χ3n) is 4.41. The molecule has 0 aliphatic heterocycles. The molecule has 0 radical (unpaired) electrons. The van der Waals surface area contributed by atoms with Crippen LogP contribution in [0.5, 0.6) is 11.5 Å². The van der Waals surface area contributed by atoms with Crippen LogP contribution < -0.4 is 0 Å². The summed E-state index contributed by atoms with van der Waals surface area (Å²) >= 11 is 0. The first-order chi connectivity index (χ1) is 12.4. The number of rotatable bonds is 13. The van der Waals surface area contributed by atoms with Crippen molar-refractivity contribution in [1.29, 1.82) is 0 Å². The van der Waals surface area contributed by atoms with Gasteiger partial charge in [0.2, 0.25) is 0 Å². The van der Waals surface area contributed by atoms with E-state index in [2.05, 4.69) is 0 Å². The fraction of sp³-hybridized carbons (Fsp3) is 0.667. The molecule has 0 heterocycles. The zero-order valence-corrected chi connectivity index (χ0v) is 16.1. The summed E-state index contributed by atoms with van der Waals surface area (Å²) in [7, 11) is 0. The summed E-state index contributed by atoms with van der Waals surface area (Å²) in [4.78, 5) is 11.3. The lowest BCUT2D eigenvalue weighted by Crippen LogP contribution is -2.19. The van der Waals surface area contributed by atoms with Crippen LogP contribution in [0.1, 0.15) is 77.2 Å². The lowest BCUT2D eigenvalue weighted by Gasteiger charge is -2.17. The number of benzene rings is 1. The van der Waals surface area contributed by atoms with Crippen LogP contribution in [0.4, 0.5) is 0 Å². The zero-order valence-electron chi connectivity index (χ0n) is 16.1. The maximum absolute atomic E-state index is 11.3. The van der Waals surface area contributed by atoms with Crippen molar-refractivity contribution in [3.8, 4) is 11.5 Å². The largest absolute Gasteiger partial charge is 0.508 e. The Balaban J connectivity index is 2.27. The molecular formula is C21H34O5. The van der Waals surface area contributed by atoms with Crippen molar-refractivity contribution < 1.29 is 24.9 Å². The number of aromatic hydroxyl groups is 2. The predicted molar refractivity (Wildman–Crippen MR) is 102 cm³/mol. The first-order valence-corrected chi connectivity index (χ1v) is 9.74. The quantitative estimate of drug-likeness (QED) is 0.354. The highest BCUT2D eigenvalue weighted by molar-refractivity contribution is 5.66. The lowest BCUT2D eigenvalue weighted by atomic mass is 10.0. The summed E-state index contributed by atoms with van der Waals surface area (Å²) < 4.78 is 5.39. The molecule has 0 amide bonds. The number of carbonyl (C=O) groups is 1. The van der Waals surface area contributed by atoms with Gasteiger partial charge in [-0.2, -0.15) is 0 Å². The van der Waals surface area contributed by atoms with Gasteiger partial charge in [-0.25, -0.2) is 0 Å².